The lowest BCUT2D eigenvalue weighted by molar-refractivity contribution is 0.500. The van der Waals surface area contributed by atoms with E-state index in [1.807, 2.05) is 6.07 Å². The zero-order valence-corrected chi connectivity index (χ0v) is 6.02. The normalized spacial score (nSPS) is 8.00. The maximum Gasteiger partial charge on any atom is 0.203 e. The molecule has 54 valence electrons. The van der Waals surface area contributed by atoms with Crippen molar-refractivity contribution in [2.24, 2.45) is 5.73 Å². The third-order valence-electron chi connectivity index (χ3n) is 0.973. The van der Waals surface area contributed by atoms with Gasteiger partial charge in [0.25, 0.3) is 0 Å². The number of nitrogens with two attached hydrogens (primary N) is 1. The largest absolute Gasteiger partial charge is 0.449 e. The average molecular weight is 159 g/mol. The van der Waals surface area contributed by atoms with E-state index in [1.165, 1.54) is 0 Å². The smallest absolute Gasteiger partial charge is 0.203 e. The second kappa shape index (κ2) is 3.94. The van der Waals surface area contributed by atoms with Crippen LogP contribution in [0.2, 0.25) is 0 Å². The summed E-state index contributed by atoms with van der Waals surface area (Å²) in [4.78, 5) is 0. The molecule has 0 saturated heterocycles. The van der Waals surface area contributed by atoms with Crippen LogP contribution in [0.1, 0.15) is 11.5 Å². The Labute approximate surface area is 64.8 Å². The van der Waals surface area contributed by atoms with E-state index >= 15 is 0 Å². The summed E-state index contributed by atoms with van der Waals surface area (Å²) in [6.45, 7) is 0.349. The van der Waals surface area contributed by atoms with Crippen molar-refractivity contribution < 1.29 is 4.42 Å². The SMILES string of the molecule is Cl.N#Cc1ccc(CN)o1. The van der Waals surface area contributed by atoms with Gasteiger partial charge >= 0.3 is 0 Å². The number of nitrogens with zero attached hydrogens (tertiary/aromatic N) is 1. The summed E-state index contributed by atoms with van der Waals surface area (Å²) < 4.78 is 4.90. The van der Waals surface area contributed by atoms with Crippen LogP contribution in [-0.4, -0.2) is 0 Å². The number of furan rings is 1. The molecule has 0 aliphatic heterocycles. The van der Waals surface area contributed by atoms with Crippen molar-refractivity contribution in [3.8, 4) is 6.07 Å². The summed E-state index contributed by atoms with van der Waals surface area (Å²) in [5.41, 5.74) is 5.21. The molecule has 0 aliphatic rings. The van der Waals surface area contributed by atoms with E-state index in [1.54, 1.807) is 12.1 Å². The maximum atomic E-state index is 8.26. The molecule has 3 nitrogen and oxygen atoms in total. The second-order valence-corrected chi connectivity index (χ2v) is 1.58. The standard InChI is InChI=1S/C6H6N2O.ClH/c7-3-5-1-2-6(4-8)9-5;/h1-2H,3,7H2;1H. The molecule has 0 saturated carbocycles. The molecule has 0 atom stereocenters. The Morgan fingerprint density at radius 3 is 2.60 bits per heavy atom. The van der Waals surface area contributed by atoms with E-state index < -0.39 is 0 Å². The molecule has 1 aromatic rings. The maximum absolute atomic E-state index is 8.26. The van der Waals surface area contributed by atoms with Crippen LogP contribution >= 0.6 is 12.4 Å². The fourth-order valence-corrected chi connectivity index (χ4v) is 0.548. The minimum atomic E-state index is 0. The Balaban J connectivity index is 0.000000810. The Kier molecular flexibility index (Phi) is 3.55. The number of halogens is 1. The monoisotopic (exact) mass is 158 g/mol. The van der Waals surface area contributed by atoms with Crippen molar-refractivity contribution >= 4 is 12.4 Å². The molecule has 0 spiro atoms. The summed E-state index contributed by atoms with van der Waals surface area (Å²) in [6.07, 6.45) is 0. The van der Waals surface area contributed by atoms with Crippen LogP contribution in [0.25, 0.3) is 0 Å². The van der Waals surface area contributed by atoms with Crippen LogP contribution in [0.3, 0.4) is 0 Å². The van der Waals surface area contributed by atoms with Gasteiger partial charge in [-0.05, 0) is 12.1 Å². The summed E-state index contributed by atoms with van der Waals surface area (Å²) in [5, 5.41) is 8.26. The van der Waals surface area contributed by atoms with E-state index in [0.29, 0.717) is 18.1 Å². The quantitative estimate of drug-likeness (QED) is 0.664. The highest BCUT2D eigenvalue weighted by molar-refractivity contribution is 5.85. The summed E-state index contributed by atoms with van der Waals surface area (Å²) in [5.74, 6) is 0.960. The van der Waals surface area contributed by atoms with Gasteiger partial charge in [-0.15, -0.1) is 12.4 Å². The van der Waals surface area contributed by atoms with Gasteiger partial charge in [-0.1, -0.05) is 0 Å². The Bertz CT molecular complexity index is 238. The Morgan fingerprint density at radius 1 is 1.60 bits per heavy atom. The molecule has 0 aromatic carbocycles. The van der Waals surface area contributed by atoms with Crippen LogP contribution in [-0.2, 0) is 6.54 Å². The van der Waals surface area contributed by atoms with E-state index in [0.717, 1.165) is 0 Å². The highest BCUT2D eigenvalue weighted by Crippen LogP contribution is 2.04. The highest BCUT2D eigenvalue weighted by atomic mass is 35.5. The highest BCUT2D eigenvalue weighted by Gasteiger charge is 1.95. The van der Waals surface area contributed by atoms with Gasteiger partial charge in [0.1, 0.15) is 11.8 Å². The molecule has 1 heterocycles. The Hall–Kier alpha value is -0.980. The molecule has 4 heteroatoms. The molecular weight excluding hydrogens is 152 g/mol. The third-order valence-corrected chi connectivity index (χ3v) is 0.973. The van der Waals surface area contributed by atoms with Gasteiger partial charge in [-0.2, -0.15) is 5.26 Å². The molecule has 1 aromatic heterocycles. The summed E-state index contributed by atoms with van der Waals surface area (Å²) >= 11 is 0. The van der Waals surface area contributed by atoms with Crippen LogP contribution < -0.4 is 5.73 Å². The van der Waals surface area contributed by atoms with Crippen molar-refractivity contribution in [1.82, 2.24) is 0 Å². The van der Waals surface area contributed by atoms with E-state index in [9.17, 15) is 0 Å². The molecule has 0 aliphatic carbocycles. The van der Waals surface area contributed by atoms with Crippen molar-refractivity contribution in [2.75, 3.05) is 0 Å². The van der Waals surface area contributed by atoms with Crippen molar-refractivity contribution in [3.63, 3.8) is 0 Å². The van der Waals surface area contributed by atoms with E-state index in [2.05, 4.69) is 0 Å². The van der Waals surface area contributed by atoms with E-state index in [4.69, 9.17) is 15.4 Å². The minimum Gasteiger partial charge on any atom is -0.449 e. The predicted molar refractivity (Wildman–Crippen MR) is 38.6 cm³/mol. The molecule has 0 amide bonds. The second-order valence-electron chi connectivity index (χ2n) is 1.58. The number of hydrogen-bond donors (Lipinski definition) is 1. The lowest BCUT2D eigenvalue weighted by Gasteiger charge is -1.82. The van der Waals surface area contributed by atoms with Gasteiger partial charge in [-0.25, -0.2) is 0 Å². The predicted octanol–water partition coefficient (Wildman–Crippen LogP) is 1.03. The molecular formula is C6H7ClN2O. The van der Waals surface area contributed by atoms with E-state index in [-0.39, 0.29) is 12.4 Å². The van der Waals surface area contributed by atoms with Crippen LogP contribution in [0, 0.1) is 11.3 Å². The van der Waals surface area contributed by atoms with Crippen molar-refractivity contribution in [3.05, 3.63) is 23.7 Å². The summed E-state index contributed by atoms with van der Waals surface area (Å²) in [7, 11) is 0. The average Bonchev–Trinajstić information content (AvgIpc) is 2.34. The lowest BCUT2D eigenvalue weighted by Crippen LogP contribution is -1.92. The molecule has 2 N–H and O–H groups in total. The number of hydrogen-bond acceptors (Lipinski definition) is 3. The molecule has 0 radical (unpaired) electrons. The first kappa shape index (κ1) is 9.02. The van der Waals surface area contributed by atoms with Crippen LogP contribution in [0.15, 0.2) is 16.5 Å². The van der Waals surface area contributed by atoms with Gasteiger partial charge in [0.2, 0.25) is 5.76 Å². The van der Waals surface area contributed by atoms with Gasteiger partial charge in [0.15, 0.2) is 0 Å². The fraction of sp³-hybridized carbons (Fsp3) is 0.167. The van der Waals surface area contributed by atoms with Crippen LogP contribution in [0.4, 0.5) is 0 Å². The number of rotatable bonds is 1. The number of nitriles is 1. The zero-order valence-electron chi connectivity index (χ0n) is 5.20. The minimum absolute atomic E-state index is 0. The first-order chi connectivity index (χ1) is 4.36. The third kappa shape index (κ3) is 1.76. The first-order valence-electron chi connectivity index (χ1n) is 2.55. The van der Waals surface area contributed by atoms with Crippen molar-refractivity contribution in [1.29, 1.82) is 5.26 Å². The Morgan fingerprint density at radius 2 is 2.30 bits per heavy atom. The topological polar surface area (TPSA) is 63.0 Å². The van der Waals surface area contributed by atoms with Gasteiger partial charge < -0.3 is 10.2 Å². The molecule has 10 heavy (non-hydrogen) atoms. The molecule has 0 unspecified atom stereocenters. The molecule has 0 bridgehead atoms. The first-order valence-corrected chi connectivity index (χ1v) is 2.55. The lowest BCUT2D eigenvalue weighted by atomic mass is 10.4. The van der Waals surface area contributed by atoms with Gasteiger partial charge in [0, 0.05) is 0 Å². The molecule has 1 rings (SSSR count). The summed E-state index contributed by atoms with van der Waals surface area (Å²) in [6, 6.07) is 5.15. The fourth-order valence-electron chi connectivity index (χ4n) is 0.548. The van der Waals surface area contributed by atoms with Gasteiger partial charge in [-0.3, -0.25) is 0 Å². The van der Waals surface area contributed by atoms with Crippen molar-refractivity contribution in [2.45, 2.75) is 6.54 Å². The van der Waals surface area contributed by atoms with Gasteiger partial charge in [0.05, 0.1) is 6.54 Å². The molecule has 0 fully saturated rings. The zero-order chi connectivity index (χ0) is 6.69. The van der Waals surface area contributed by atoms with Crippen LogP contribution in [0.5, 0.6) is 0 Å².